The van der Waals surface area contributed by atoms with Gasteiger partial charge in [0, 0.05) is 25.2 Å². The van der Waals surface area contributed by atoms with E-state index in [4.69, 9.17) is 4.98 Å². The van der Waals surface area contributed by atoms with E-state index in [0.29, 0.717) is 22.8 Å². The van der Waals surface area contributed by atoms with Crippen molar-refractivity contribution in [1.82, 2.24) is 25.2 Å². The fourth-order valence-corrected chi connectivity index (χ4v) is 5.74. The Labute approximate surface area is 223 Å². The summed E-state index contributed by atoms with van der Waals surface area (Å²) >= 11 is 0. The lowest BCUT2D eigenvalue weighted by Crippen LogP contribution is -2.38. The van der Waals surface area contributed by atoms with Crippen LogP contribution in [-0.2, 0) is 9.59 Å². The molecular weight excluding hydrogens is 521 g/mol. The standard InChI is InChI=1S/C27H34F5N5O2/c1-2-15-11-19(15)25(39)36-24(17-5-8-26(28,29)9-6-17)20-14-37-21(34-20)12-18(13-33-37)23(16-3-4-16)35-22(38)7-10-27(30,31)32/h12-17,19,23-24H,2-11H2,1H3,(H,35,38)(H,36,39)/t15-,19-,23+,24-/m0/s1. The maximum absolute atomic E-state index is 13.9. The molecule has 2 amide bonds. The number of rotatable bonds is 10. The Morgan fingerprint density at radius 2 is 1.79 bits per heavy atom. The van der Waals surface area contributed by atoms with E-state index in [0.717, 1.165) is 25.7 Å². The molecule has 5 rings (SSSR count). The number of imidazole rings is 1. The summed E-state index contributed by atoms with van der Waals surface area (Å²) in [6.07, 6.45) is 0.497. The Morgan fingerprint density at radius 3 is 2.41 bits per heavy atom. The third-order valence-electron chi connectivity index (χ3n) is 8.40. The number of hydrogen-bond donors (Lipinski definition) is 2. The lowest BCUT2D eigenvalue weighted by molar-refractivity contribution is -0.144. The molecule has 0 bridgehead atoms. The Kier molecular flexibility index (Phi) is 7.58. The topological polar surface area (TPSA) is 88.4 Å². The molecule has 3 saturated carbocycles. The van der Waals surface area contributed by atoms with E-state index >= 15 is 0 Å². The molecule has 3 aliphatic carbocycles. The number of nitrogens with one attached hydrogen (secondary N) is 2. The summed E-state index contributed by atoms with van der Waals surface area (Å²) in [7, 11) is 0. The van der Waals surface area contributed by atoms with Gasteiger partial charge < -0.3 is 10.6 Å². The molecule has 39 heavy (non-hydrogen) atoms. The molecule has 0 unspecified atom stereocenters. The molecule has 2 aromatic heterocycles. The Hall–Kier alpha value is -2.79. The van der Waals surface area contributed by atoms with Crippen molar-refractivity contribution in [2.75, 3.05) is 0 Å². The van der Waals surface area contributed by atoms with Crippen LogP contribution in [0.5, 0.6) is 0 Å². The van der Waals surface area contributed by atoms with Gasteiger partial charge in [0.05, 0.1) is 36.6 Å². The smallest absolute Gasteiger partial charge is 0.349 e. The van der Waals surface area contributed by atoms with Crippen molar-refractivity contribution in [3.05, 3.63) is 29.7 Å². The molecule has 0 aromatic carbocycles. The van der Waals surface area contributed by atoms with Gasteiger partial charge in [-0.25, -0.2) is 18.3 Å². The largest absolute Gasteiger partial charge is 0.389 e. The van der Waals surface area contributed by atoms with E-state index in [2.05, 4.69) is 15.7 Å². The lowest BCUT2D eigenvalue weighted by atomic mass is 9.81. The highest BCUT2D eigenvalue weighted by Crippen LogP contribution is 2.45. The Bertz CT molecular complexity index is 1200. The van der Waals surface area contributed by atoms with Crippen molar-refractivity contribution in [3.8, 4) is 0 Å². The molecular formula is C27H34F5N5O2. The third-order valence-corrected chi connectivity index (χ3v) is 8.40. The van der Waals surface area contributed by atoms with E-state index in [9.17, 15) is 31.5 Å². The highest BCUT2D eigenvalue weighted by Gasteiger charge is 2.44. The minimum Gasteiger partial charge on any atom is -0.349 e. The molecule has 0 aliphatic heterocycles. The van der Waals surface area contributed by atoms with Crippen LogP contribution in [0.2, 0.25) is 0 Å². The summed E-state index contributed by atoms with van der Waals surface area (Å²) in [5.41, 5.74) is 1.63. The number of alkyl halides is 5. The molecule has 2 N–H and O–H groups in total. The van der Waals surface area contributed by atoms with Gasteiger partial charge in [-0.3, -0.25) is 9.59 Å². The van der Waals surface area contributed by atoms with Crippen LogP contribution < -0.4 is 10.6 Å². The molecule has 0 spiro atoms. The van der Waals surface area contributed by atoms with E-state index in [1.54, 1.807) is 18.5 Å². The van der Waals surface area contributed by atoms with Crippen LogP contribution in [-0.4, -0.2) is 38.5 Å². The van der Waals surface area contributed by atoms with Gasteiger partial charge in [0.15, 0.2) is 5.65 Å². The minimum atomic E-state index is -4.41. The molecule has 3 fully saturated rings. The van der Waals surface area contributed by atoms with Crippen molar-refractivity contribution in [2.45, 2.75) is 95.3 Å². The summed E-state index contributed by atoms with van der Waals surface area (Å²) in [5, 5.41) is 10.2. The number of carbonyl (C=O) groups excluding carboxylic acids is 2. The van der Waals surface area contributed by atoms with Crippen LogP contribution in [0.15, 0.2) is 18.5 Å². The SMILES string of the molecule is CC[C@H]1C[C@@H]1C(=O)N[C@H](c1cn2ncc([C@H](NC(=O)CCC(F)(F)F)C3CC3)cc2n1)C1CCC(F)(F)CC1. The number of hydrogen-bond acceptors (Lipinski definition) is 4. The Balaban J connectivity index is 1.36. The maximum atomic E-state index is 13.9. The van der Waals surface area contributed by atoms with Crippen molar-refractivity contribution in [3.63, 3.8) is 0 Å². The van der Waals surface area contributed by atoms with Gasteiger partial charge in [-0.15, -0.1) is 0 Å². The zero-order chi connectivity index (χ0) is 27.9. The fourth-order valence-electron chi connectivity index (χ4n) is 5.74. The van der Waals surface area contributed by atoms with E-state index in [1.165, 1.54) is 4.52 Å². The summed E-state index contributed by atoms with van der Waals surface area (Å²) in [6.45, 7) is 2.04. The minimum absolute atomic E-state index is 0.0652. The number of fused-ring (bicyclic) bond motifs is 1. The third kappa shape index (κ3) is 6.87. The second kappa shape index (κ2) is 10.6. The summed E-state index contributed by atoms with van der Waals surface area (Å²) in [5.74, 6) is -3.25. The second-order valence-corrected chi connectivity index (χ2v) is 11.4. The van der Waals surface area contributed by atoms with Gasteiger partial charge in [-0.1, -0.05) is 13.3 Å². The van der Waals surface area contributed by atoms with E-state index in [-0.39, 0.29) is 49.3 Å². The second-order valence-electron chi connectivity index (χ2n) is 11.4. The molecule has 0 saturated heterocycles. The molecule has 0 radical (unpaired) electrons. The summed E-state index contributed by atoms with van der Waals surface area (Å²) in [6, 6.07) is 0.740. The fraction of sp³-hybridized carbons (Fsp3) is 0.704. The average molecular weight is 556 g/mol. The van der Waals surface area contributed by atoms with Gasteiger partial charge in [0.1, 0.15) is 0 Å². The number of nitrogens with zero attached hydrogens (tertiary/aromatic N) is 3. The number of aromatic nitrogens is 3. The van der Waals surface area contributed by atoms with Crippen LogP contribution in [0.3, 0.4) is 0 Å². The van der Waals surface area contributed by atoms with Crippen LogP contribution in [0, 0.1) is 23.7 Å². The molecule has 2 heterocycles. The first-order valence-electron chi connectivity index (χ1n) is 13.8. The van der Waals surface area contributed by atoms with Crippen LogP contribution in [0.4, 0.5) is 22.0 Å². The number of halogens is 5. The molecule has 2 aromatic rings. The van der Waals surface area contributed by atoms with Gasteiger partial charge >= 0.3 is 6.18 Å². The van der Waals surface area contributed by atoms with Crippen LogP contribution in [0.25, 0.3) is 5.65 Å². The molecule has 12 heteroatoms. The first-order chi connectivity index (χ1) is 18.4. The predicted octanol–water partition coefficient (Wildman–Crippen LogP) is 5.67. The van der Waals surface area contributed by atoms with Crippen molar-refractivity contribution in [2.24, 2.45) is 23.7 Å². The van der Waals surface area contributed by atoms with Gasteiger partial charge in [-0.05, 0) is 61.5 Å². The van der Waals surface area contributed by atoms with Gasteiger partial charge in [0.25, 0.3) is 0 Å². The number of amides is 2. The monoisotopic (exact) mass is 555 g/mol. The van der Waals surface area contributed by atoms with E-state index in [1.807, 2.05) is 6.92 Å². The van der Waals surface area contributed by atoms with Crippen molar-refractivity contribution < 1.29 is 31.5 Å². The first kappa shape index (κ1) is 27.8. The highest BCUT2D eigenvalue weighted by molar-refractivity contribution is 5.82. The normalized spacial score (nSPS) is 24.8. The maximum Gasteiger partial charge on any atom is 0.389 e. The summed E-state index contributed by atoms with van der Waals surface area (Å²) in [4.78, 5) is 29.9. The van der Waals surface area contributed by atoms with Crippen LogP contribution >= 0.6 is 0 Å². The molecule has 3 aliphatic rings. The summed E-state index contributed by atoms with van der Waals surface area (Å²) < 4.78 is 67.0. The van der Waals surface area contributed by atoms with Gasteiger partial charge in [0.2, 0.25) is 17.7 Å². The zero-order valence-electron chi connectivity index (χ0n) is 21.8. The van der Waals surface area contributed by atoms with Crippen LogP contribution in [0.1, 0.15) is 94.5 Å². The Morgan fingerprint density at radius 1 is 1.10 bits per heavy atom. The number of carbonyl (C=O) groups is 2. The first-order valence-corrected chi connectivity index (χ1v) is 13.8. The highest BCUT2D eigenvalue weighted by atomic mass is 19.4. The molecule has 4 atom stereocenters. The van der Waals surface area contributed by atoms with Gasteiger partial charge in [-0.2, -0.15) is 18.3 Å². The van der Waals surface area contributed by atoms with Crippen molar-refractivity contribution >= 4 is 17.5 Å². The quantitative estimate of drug-likeness (QED) is 0.370. The molecule has 7 nitrogen and oxygen atoms in total. The average Bonchev–Trinajstić information content (AvgIpc) is 3.80. The van der Waals surface area contributed by atoms with E-state index < -0.39 is 42.9 Å². The van der Waals surface area contributed by atoms with Crippen molar-refractivity contribution in [1.29, 1.82) is 0 Å². The molecule has 214 valence electrons. The predicted molar refractivity (Wildman–Crippen MR) is 132 cm³/mol. The lowest BCUT2D eigenvalue weighted by Gasteiger charge is -2.33. The zero-order valence-corrected chi connectivity index (χ0v) is 21.8.